The van der Waals surface area contributed by atoms with Crippen molar-refractivity contribution in [2.75, 3.05) is 0 Å². The number of halogens is 2. The van der Waals surface area contributed by atoms with Crippen molar-refractivity contribution in [3.63, 3.8) is 0 Å². The molecule has 3 N–H and O–H groups in total. The van der Waals surface area contributed by atoms with Crippen LogP contribution >= 0.6 is 27.5 Å². The smallest absolute Gasteiger partial charge is 0.173 e. The van der Waals surface area contributed by atoms with Gasteiger partial charge in [-0.1, -0.05) is 16.8 Å². The predicted octanol–water partition coefficient (Wildman–Crippen LogP) is 3.38. The quantitative estimate of drug-likeness (QED) is 0.388. The summed E-state index contributed by atoms with van der Waals surface area (Å²) in [4.78, 5) is 3.98. The molecule has 7 heteroatoms. The molecular formula is C12H9BrClN3O2. The summed E-state index contributed by atoms with van der Waals surface area (Å²) in [6.07, 6.45) is 3.18. The Hall–Kier alpha value is -1.79. The molecule has 0 atom stereocenters. The molecule has 0 aliphatic carbocycles. The number of hydrogen-bond donors (Lipinski definition) is 2. The summed E-state index contributed by atoms with van der Waals surface area (Å²) in [5.74, 6) is 0.820. The third-order valence-electron chi connectivity index (χ3n) is 2.23. The zero-order valence-corrected chi connectivity index (χ0v) is 11.9. The highest BCUT2D eigenvalue weighted by Crippen LogP contribution is 2.29. The van der Waals surface area contributed by atoms with Crippen LogP contribution in [0.4, 0.5) is 0 Å². The zero-order valence-electron chi connectivity index (χ0n) is 9.55. The van der Waals surface area contributed by atoms with E-state index in [0.29, 0.717) is 22.1 Å². The van der Waals surface area contributed by atoms with Crippen molar-refractivity contribution in [3.05, 3.63) is 51.7 Å². The number of oxime groups is 1. The van der Waals surface area contributed by atoms with E-state index in [1.54, 1.807) is 36.7 Å². The maximum atomic E-state index is 8.75. The summed E-state index contributed by atoms with van der Waals surface area (Å²) < 4.78 is 6.42. The maximum absolute atomic E-state index is 8.75. The van der Waals surface area contributed by atoms with Crippen LogP contribution in [0.2, 0.25) is 5.02 Å². The molecule has 0 amide bonds. The normalized spacial score (nSPS) is 11.4. The molecule has 1 heterocycles. The number of ether oxygens (including phenoxy) is 1. The van der Waals surface area contributed by atoms with Gasteiger partial charge in [0.05, 0.1) is 11.8 Å². The predicted molar refractivity (Wildman–Crippen MR) is 76.0 cm³/mol. The zero-order chi connectivity index (χ0) is 13.8. The van der Waals surface area contributed by atoms with Crippen molar-refractivity contribution in [1.29, 1.82) is 0 Å². The largest absolute Gasteiger partial charge is 0.455 e. The molecule has 98 valence electrons. The van der Waals surface area contributed by atoms with Gasteiger partial charge in [0, 0.05) is 21.8 Å². The summed E-state index contributed by atoms with van der Waals surface area (Å²) in [7, 11) is 0. The average Bonchev–Trinajstić information content (AvgIpc) is 2.38. The SMILES string of the molecule is NC(=NO)c1ccc(Cl)cc1Oc1cncc(Br)c1. The van der Waals surface area contributed by atoms with Crippen LogP contribution in [0.3, 0.4) is 0 Å². The Labute approximate surface area is 122 Å². The lowest BCUT2D eigenvalue weighted by Crippen LogP contribution is -2.14. The Balaban J connectivity index is 2.41. The maximum Gasteiger partial charge on any atom is 0.173 e. The fraction of sp³-hybridized carbons (Fsp3) is 0. The van der Waals surface area contributed by atoms with Crippen LogP contribution in [0, 0.1) is 0 Å². The highest BCUT2D eigenvalue weighted by molar-refractivity contribution is 9.10. The molecule has 0 saturated heterocycles. The first-order valence-electron chi connectivity index (χ1n) is 5.16. The van der Waals surface area contributed by atoms with E-state index < -0.39 is 0 Å². The summed E-state index contributed by atoms with van der Waals surface area (Å²) in [5, 5.41) is 12.2. The molecule has 0 bridgehead atoms. The van der Waals surface area contributed by atoms with Crippen molar-refractivity contribution >= 4 is 33.4 Å². The van der Waals surface area contributed by atoms with Crippen LogP contribution in [0.5, 0.6) is 11.5 Å². The van der Waals surface area contributed by atoms with Crippen LogP contribution < -0.4 is 10.5 Å². The number of pyridine rings is 1. The van der Waals surface area contributed by atoms with Gasteiger partial charge in [-0.15, -0.1) is 0 Å². The second-order valence-corrected chi connectivity index (χ2v) is 4.92. The van der Waals surface area contributed by atoms with Gasteiger partial charge in [0.25, 0.3) is 0 Å². The topological polar surface area (TPSA) is 80.7 Å². The molecule has 19 heavy (non-hydrogen) atoms. The van der Waals surface area contributed by atoms with E-state index in [0.717, 1.165) is 4.47 Å². The molecule has 1 aromatic carbocycles. The molecule has 2 aromatic rings. The van der Waals surface area contributed by atoms with Crippen molar-refractivity contribution < 1.29 is 9.94 Å². The minimum atomic E-state index is -0.0605. The van der Waals surface area contributed by atoms with Gasteiger partial charge in [0.2, 0.25) is 0 Å². The molecule has 5 nitrogen and oxygen atoms in total. The minimum absolute atomic E-state index is 0.0605. The fourth-order valence-corrected chi connectivity index (χ4v) is 1.93. The fourth-order valence-electron chi connectivity index (χ4n) is 1.42. The molecule has 0 aliphatic rings. The number of nitrogens with two attached hydrogens (primary N) is 1. The van der Waals surface area contributed by atoms with Crippen LogP contribution in [0.1, 0.15) is 5.56 Å². The Morgan fingerprint density at radius 1 is 1.37 bits per heavy atom. The molecule has 1 aromatic heterocycles. The Bertz CT molecular complexity index is 634. The first-order chi connectivity index (χ1) is 9.10. The van der Waals surface area contributed by atoms with Gasteiger partial charge in [-0.25, -0.2) is 0 Å². The Morgan fingerprint density at radius 3 is 2.84 bits per heavy atom. The first-order valence-corrected chi connectivity index (χ1v) is 6.33. The van der Waals surface area contributed by atoms with Gasteiger partial charge >= 0.3 is 0 Å². The molecule has 0 unspecified atom stereocenters. The van der Waals surface area contributed by atoms with Gasteiger partial charge in [0.1, 0.15) is 11.5 Å². The third-order valence-corrected chi connectivity index (χ3v) is 2.90. The van der Waals surface area contributed by atoms with E-state index >= 15 is 0 Å². The number of amidine groups is 1. The van der Waals surface area contributed by atoms with Gasteiger partial charge in [-0.3, -0.25) is 4.98 Å². The van der Waals surface area contributed by atoms with Gasteiger partial charge < -0.3 is 15.7 Å². The van der Waals surface area contributed by atoms with E-state index in [1.807, 2.05) is 0 Å². The molecule has 0 aliphatic heterocycles. The number of nitrogens with zero attached hydrogens (tertiary/aromatic N) is 2. The van der Waals surface area contributed by atoms with E-state index in [-0.39, 0.29) is 5.84 Å². The summed E-state index contributed by atoms with van der Waals surface area (Å²) in [6.45, 7) is 0. The number of aromatic nitrogens is 1. The lowest BCUT2D eigenvalue weighted by molar-refractivity contribution is 0.318. The molecule has 2 rings (SSSR count). The van der Waals surface area contributed by atoms with Crippen molar-refractivity contribution in [2.24, 2.45) is 10.9 Å². The molecule has 0 fully saturated rings. The second-order valence-electron chi connectivity index (χ2n) is 3.57. The monoisotopic (exact) mass is 341 g/mol. The summed E-state index contributed by atoms with van der Waals surface area (Å²) >= 11 is 9.21. The Morgan fingerprint density at radius 2 is 2.16 bits per heavy atom. The molecule has 0 saturated carbocycles. The van der Waals surface area contributed by atoms with Gasteiger partial charge in [-0.05, 0) is 34.1 Å². The highest BCUT2D eigenvalue weighted by Gasteiger charge is 2.10. The first kappa shape index (κ1) is 13.6. The van der Waals surface area contributed by atoms with E-state index in [1.165, 1.54) is 0 Å². The average molecular weight is 343 g/mol. The Kier molecular flexibility index (Phi) is 4.24. The van der Waals surface area contributed by atoms with Gasteiger partial charge in [-0.2, -0.15) is 0 Å². The minimum Gasteiger partial charge on any atom is -0.455 e. The highest BCUT2D eigenvalue weighted by atomic mass is 79.9. The van der Waals surface area contributed by atoms with E-state index in [2.05, 4.69) is 26.1 Å². The second kappa shape index (κ2) is 5.90. The summed E-state index contributed by atoms with van der Waals surface area (Å²) in [5.41, 5.74) is 6.02. The van der Waals surface area contributed by atoms with Crippen LogP contribution in [0.15, 0.2) is 46.3 Å². The number of rotatable bonds is 3. The van der Waals surface area contributed by atoms with Crippen LogP contribution in [-0.4, -0.2) is 16.0 Å². The van der Waals surface area contributed by atoms with Crippen molar-refractivity contribution in [1.82, 2.24) is 4.98 Å². The van der Waals surface area contributed by atoms with Gasteiger partial charge in [0.15, 0.2) is 5.84 Å². The number of benzene rings is 1. The van der Waals surface area contributed by atoms with Crippen LogP contribution in [-0.2, 0) is 0 Å². The molecular weight excluding hydrogens is 334 g/mol. The van der Waals surface area contributed by atoms with Crippen LogP contribution in [0.25, 0.3) is 0 Å². The van der Waals surface area contributed by atoms with Crippen molar-refractivity contribution in [3.8, 4) is 11.5 Å². The lowest BCUT2D eigenvalue weighted by atomic mass is 10.2. The molecule has 0 radical (unpaired) electrons. The summed E-state index contributed by atoms with van der Waals surface area (Å²) in [6, 6.07) is 6.55. The lowest BCUT2D eigenvalue weighted by Gasteiger charge is -2.10. The number of hydrogen-bond acceptors (Lipinski definition) is 4. The molecule has 0 spiro atoms. The van der Waals surface area contributed by atoms with Crippen molar-refractivity contribution in [2.45, 2.75) is 0 Å². The van der Waals surface area contributed by atoms with E-state index in [4.69, 9.17) is 27.3 Å². The standard InChI is InChI=1S/C12H9BrClN3O2/c13-7-3-9(6-16-5-7)19-11-4-8(14)1-2-10(11)12(15)17-18/h1-6,18H,(H2,15,17). The van der Waals surface area contributed by atoms with E-state index in [9.17, 15) is 0 Å². The third kappa shape index (κ3) is 3.36.